The number of benzene rings is 2. The van der Waals surface area contributed by atoms with E-state index in [4.69, 9.17) is 14.7 Å². The van der Waals surface area contributed by atoms with Crippen LogP contribution in [0.25, 0.3) is 0 Å². The molecule has 0 heterocycles. The fourth-order valence-corrected chi connectivity index (χ4v) is 2.97. The molecule has 0 fully saturated rings. The summed E-state index contributed by atoms with van der Waals surface area (Å²) in [5.74, 6) is -0.500. The van der Waals surface area contributed by atoms with Gasteiger partial charge in [0, 0.05) is 12.1 Å². The fraction of sp³-hybridized carbons (Fsp3) is 0.133. The van der Waals surface area contributed by atoms with E-state index in [1.807, 2.05) is 6.07 Å². The van der Waals surface area contributed by atoms with Crippen molar-refractivity contribution < 1.29 is 22.3 Å². The van der Waals surface area contributed by atoms with Crippen LogP contribution in [-0.2, 0) is 10.0 Å². The maximum absolute atomic E-state index is 14.0. The van der Waals surface area contributed by atoms with Crippen molar-refractivity contribution in [3.8, 4) is 17.6 Å². The zero-order valence-corrected chi connectivity index (χ0v) is 13.1. The van der Waals surface area contributed by atoms with E-state index < -0.39 is 15.8 Å². The van der Waals surface area contributed by atoms with Gasteiger partial charge < -0.3 is 9.47 Å². The van der Waals surface area contributed by atoms with Gasteiger partial charge in [0.05, 0.1) is 36.4 Å². The number of nitriles is 1. The molecule has 0 unspecified atom stereocenters. The summed E-state index contributed by atoms with van der Waals surface area (Å²) in [6.45, 7) is 0. The zero-order valence-electron chi connectivity index (χ0n) is 12.3. The predicted octanol–water partition coefficient (Wildman–Crippen LogP) is 2.52. The molecule has 0 aromatic heterocycles. The molecule has 0 aliphatic rings. The molecule has 120 valence electrons. The highest BCUT2D eigenvalue weighted by molar-refractivity contribution is 7.92. The van der Waals surface area contributed by atoms with Crippen LogP contribution in [0.5, 0.6) is 11.5 Å². The quantitative estimate of drug-likeness (QED) is 0.906. The van der Waals surface area contributed by atoms with E-state index in [0.29, 0.717) is 0 Å². The minimum Gasteiger partial charge on any atom is -0.493 e. The van der Waals surface area contributed by atoms with Crippen LogP contribution in [-0.4, -0.2) is 22.6 Å². The van der Waals surface area contributed by atoms with Gasteiger partial charge in [0.1, 0.15) is 0 Å². The first-order valence-electron chi connectivity index (χ1n) is 6.35. The van der Waals surface area contributed by atoms with E-state index in [1.165, 1.54) is 44.6 Å². The Morgan fingerprint density at radius 1 is 1.13 bits per heavy atom. The molecule has 0 atom stereocenters. The molecule has 2 aromatic rings. The van der Waals surface area contributed by atoms with E-state index in [-0.39, 0.29) is 27.6 Å². The molecule has 0 radical (unpaired) electrons. The first-order chi connectivity index (χ1) is 10.9. The third kappa shape index (κ3) is 3.52. The van der Waals surface area contributed by atoms with Gasteiger partial charge in [-0.05, 0) is 18.2 Å². The molecule has 0 saturated heterocycles. The Morgan fingerprint density at radius 3 is 2.39 bits per heavy atom. The van der Waals surface area contributed by atoms with Crippen molar-refractivity contribution in [2.45, 2.75) is 4.90 Å². The van der Waals surface area contributed by atoms with Gasteiger partial charge in [0.2, 0.25) is 0 Å². The Bertz CT molecular complexity index is 876. The molecule has 2 rings (SSSR count). The molecule has 0 aliphatic heterocycles. The lowest BCUT2D eigenvalue weighted by Gasteiger charge is -2.13. The van der Waals surface area contributed by atoms with Crippen molar-refractivity contribution in [1.82, 2.24) is 0 Å². The van der Waals surface area contributed by atoms with Crippen LogP contribution in [0.2, 0.25) is 0 Å². The Labute approximate surface area is 133 Å². The highest BCUT2D eigenvalue weighted by atomic mass is 32.2. The Kier molecular flexibility index (Phi) is 4.71. The molecule has 0 amide bonds. The number of hydrogen-bond acceptors (Lipinski definition) is 5. The first kappa shape index (κ1) is 16.6. The van der Waals surface area contributed by atoms with Crippen molar-refractivity contribution in [1.29, 1.82) is 5.26 Å². The zero-order chi connectivity index (χ0) is 17.0. The van der Waals surface area contributed by atoms with Gasteiger partial charge in [-0.2, -0.15) is 5.26 Å². The van der Waals surface area contributed by atoms with Crippen LogP contribution in [0.4, 0.5) is 10.1 Å². The average molecular weight is 336 g/mol. The smallest absolute Gasteiger partial charge is 0.262 e. The van der Waals surface area contributed by atoms with Crippen LogP contribution < -0.4 is 14.2 Å². The van der Waals surface area contributed by atoms with E-state index in [9.17, 15) is 12.8 Å². The molecule has 0 bridgehead atoms. The lowest BCUT2D eigenvalue weighted by molar-refractivity contribution is 0.353. The van der Waals surface area contributed by atoms with Crippen molar-refractivity contribution in [2.24, 2.45) is 0 Å². The fourth-order valence-electron chi connectivity index (χ4n) is 1.87. The van der Waals surface area contributed by atoms with Gasteiger partial charge in [-0.1, -0.05) is 6.07 Å². The topological polar surface area (TPSA) is 88.4 Å². The van der Waals surface area contributed by atoms with Crippen LogP contribution in [0.3, 0.4) is 0 Å². The van der Waals surface area contributed by atoms with Gasteiger partial charge in [-0.3, -0.25) is 4.72 Å². The number of halogens is 1. The van der Waals surface area contributed by atoms with E-state index in [2.05, 4.69) is 4.72 Å². The summed E-state index contributed by atoms with van der Waals surface area (Å²) < 4.78 is 50.8. The predicted molar refractivity (Wildman–Crippen MR) is 81.5 cm³/mol. The number of nitrogens with zero attached hydrogens (tertiary/aromatic N) is 1. The van der Waals surface area contributed by atoms with Gasteiger partial charge in [-0.15, -0.1) is 0 Å². The Hall–Kier alpha value is -2.79. The number of methoxy groups -OCH3 is 2. The summed E-state index contributed by atoms with van der Waals surface area (Å²) in [4.78, 5) is -0.147. The second-order valence-electron chi connectivity index (χ2n) is 4.43. The van der Waals surface area contributed by atoms with Crippen molar-refractivity contribution in [2.75, 3.05) is 18.9 Å². The molecule has 0 saturated carbocycles. The average Bonchev–Trinajstić information content (AvgIpc) is 2.56. The SMILES string of the molecule is COc1cc(F)c(NS(=O)(=O)c2cccc(C#N)c2)cc1OC. The van der Waals surface area contributed by atoms with Crippen LogP contribution in [0.15, 0.2) is 41.3 Å². The highest BCUT2D eigenvalue weighted by Gasteiger charge is 2.19. The molecular weight excluding hydrogens is 323 g/mol. The molecule has 8 heteroatoms. The monoisotopic (exact) mass is 336 g/mol. The van der Waals surface area contributed by atoms with Crippen LogP contribution >= 0.6 is 0 Å². The van der Waals surface area contributed by atoms with Gasteiger partial charge in [0.15, 0.2) is 17.3 Å². The lowest BCUT2D eigenvalue weighted by atomic mass is 10.2. The van der Waals surface area contributed by atoms with Crippen LogP contribution in [0, 0.1) is 17.1 Å². The molecule has 23 heavy (non-hydrogen) atoms. The second-order valence-corrected chi connectivity index (χ2v) is 6.11. The highest BCUT2D eigenvalue weighted by Crippen LogP contribution is 2.33. The number of rotatable bonds is 5. The number of hydrogen-bond donors (Lipinski definition) is 1. The maximum Gasteiger partial charge on any atom is 0.262 e. The standard InChI is InChI=1S/C15H13FN2O4S/c1-21-14-7-12(16)13(8-15(14)22-2)18-23(19,20)11-5-3-4-10(6-11)9-17/h3-8,18H,1-2H3. The van der Waals surface area contributed by atoms with Gasteiger partial charge >= 0.3 is 0 Å². The molecule has 6 nitrogen and oxygen atoms in total. The largest absolute Gasteiger partial charge is 0.493 e. The van der Waals surface area contributed by atoms with Crippen molar-refractivity contribution >= 4 is 15.7 Å². The second kappa shape index (κ2) is 6.54. The number of nitrogens with one attached hydrogen (secondary N) is 1. The maximum atomic E-state index is 14.0. The van der Waals surface area contributed by atoms with Crippen molar-refractivity contribution in [3.63, 3.8) is 0 Å². The number of ether oxygens (including phenoxy) is 2. The van der Waals surface area contributed by atoms with E-state index in [1.54, 1.807) is 0 Å². The lowest BCUT2D eigenvalue weighted by Crippen LogP contribution is -2.14. The summed E-state index contributed by atoms with van der Waals surface area (Å²) in [6.07, 6.45) is 0. The minimum absolute atomic E-state index is 0.138. The van der Waals surface area contributed by atoms with E-state index >= 15 is 0 Å². The first-order valence-corrected chi connectivity index (χ1v) is 7.84. The summed E-state index contributed by atoms with van der Waals surface area (Å²) in [6, 6.07) is 9.44. The Balaban J connectivity index is 2.43. The molecule has 0 aliphatic carbocycles. The summed E-state index contributed by atoms with van der Waals surface area (Å²) >= 11 is 0. The summed E-state index contributed by atoms with van der Waals surface area (Å²) in [7, 11) is -1.36. The molecule has 0 spiro atoms. The van der Waals surface area contributed by atoms with Crippen molar-refractivity contribution in [3.05, 3.63) is 47.8 Å². The molecule has 1 N–H and O–H groups in total. The number of sulfonamides is 1. The third-order valence-corrected chi connectivity index (χ3v) is 4.35. The molecular formula is C15H13FN2O4S. The van der Waals surface area contributed by atoms with Gasteiger partial charge in [-0.25, -0.2) is 12.8 Å². The van der Waals surface area contributed by atoms with Crippen LogP contribution in [0.1, 0.15) is 5.56 Å². The summed E-state index contributed by atoms with van der Waals surface area (Å²) in [5, 5.41) is 8.83. The normalized spacial score (nSPS) is 10.7. The number of anilines is 1. The third-order valence-electron chi connectivity index (χ3n) is 2.99. The Morgan fingerprint density at radius 2 is 1.78 bits per heavy atom. The van der Waals surface area contributed by atoms with E-state index in [0.717, 1.165) is 6.07 Å². The minimum atomic E-state index is -4.05. The van der Waals surface area contributed by atoms with Gasteiger partial charge in [0.25, 0.3) is 10.0 Å². The summed E-state index contributed by atoms with van der Waals surface area (Å²) in [5.41, 5.74) is -0.106. The molecule has 2 aromatic carbocycles.